The Balaban J connectivity index is 1.61. The van der Waals surface area contributed by atoms with Crippen LogP contribution in [0.4, 0.5) is 11.4 Å². The number of aromatic hydroxyl groups is 1. The van der Waals surface area contributed by atoms with Crippen molar-refractivity contribution in [2.45, 2.75) is 24.8 Å². The van der Waals surface area contributed by atoms with Gasteiger partial charge in [0.25, 0.3) is 0 Å². The Kier molecular flexibility index (Phi) is 5.96. The van der Waals surface area contributed by atoms with Crippen LogP contribution in [0, 0.1) is 0 Å². The highest BCUT2D eigenvalue weighted by atomic mass is 79.9. The minimum atomic E-state index is -0.402. The highest BCUT2D eigenvalue weighted by Crippen LogP contribution is 2.46. The number of ether oxygens (including phenoxy) is 2. The third kappa shape index (κ3) is 4.01. The first kappa shape index (κ1) is 22.3. The van der Waals surface area contributed by atoms with E-state index in [1.807, 2.05) is 54.6 Å². The van der Waals surface area contributed by atoms with Crippen LogP contribution in [0.5, 0.6) is 17.2 Å². The third-order valence-corrected chi connectivity index (χ3v) is 7.10. The average molecular weight is 521 g/mol. The van der Waals surface area contributed by atoms with Gasteiger partial charge in [-0.2, -0.15) is 0 Å². The number of ketones is 1. The molecule has 1 aliphatic heterocycles. The van der Waals surface area contributed by atoms with Crippen LogP contribution < -0.4 is 20.1 Å². The molecule has 6 nitrogen and oxygen atoms in total. The lowest BCUT2D eigenvalue weighted by atomic mass is 9.78. The molecule has 0 unspecified atom stereocenters. The van der Waals surface area contributed by atoms with E-state index < -0.39 is 6.04 Å². The van der Waals surface area contributed by atoms with E-state index in [1.54, 1.807) is 13.2 Å². The topological polar surface area (TPSA) is 79.8 Å². The predicted octanol–water partition coefficient (Wildman–Crippen LogP) is 6.15. The number of hydrogen-bond acceptors (Lipinski definition) is 6. The second kappa shape index (κ2) is 9.06. The molecule has 2 atom stereocenters. The van der Waals surface area contributed by atoms with Gasteiger partial charge in [-0.25, -0.2) is 0 Å². The number of fused-ring (bicyclic) bond motifs is 1. The number of carbonyl (C=O) groups is 1. The maximum atomic E-state index is 13.7. The van der Waals surface area contributed by atoms with Gasteiger partial charge in [0.05, 0.1) is 36.1 Å². The molecule has 7 heteroatoms. The van der Waals surface area contributed by atoms with Gasteiger partial charge in [-0.05, 0) is 75.8 Å². The zero-order valence-electron chi connectivity index (χ0n) is 18.9. The number of carbonyl (C=O) groups excluding carboxylic acids is 1. The van der Waals surface area contributed by atoms with Crippen molar-refractivity contribution < 1.29 is 19.4 Å². The van der Waals surface area contributed by atoms with Gasteiger partial charge in [-0.15, -0.1) is 0 Å². The molecule has 5 rings (SSSR count). The molecule has 2 aliphatic rings. The minimum Gasteiger partial charge on any atom is -0.503 e. The highest BCUT2D eigenvalue weighted by molar-refractivity contribution is 9.10. The molecule has 0 spiro atoms. The molecular weight excluding hydrogens is 496 g/mol. The van der Waals surface area contributed by atoms with Crippen molar-refractivity contribution in [3.8, 4) is 17.2 Å². The van der Waals surface area contributed by atoms with Gasteiger partial charge >= 0.3 is 0 Å². The first-order chi connectivity index (χ1) is 16.5. The molecule has 3 N–H and O–H groups in total. The van der Waals surface area contributed by atoms with Crippen molar-refractivity contribution in [2.75, 3.05) is 24.9 Å². The van der Waals surface area contributed by atoms with E-state index in [0.717, 1.165) is 33.9 Å². The molecule has 1 heterocycles. The first-order valence-corrected chi connectivity index (χ1v) is 11.9. The Bertz CT molecular complexity index is 1290. The molecular formula is C27H25BrN2O4. The van der Waals surface area contributed by atoms with Gasteiger partial charge in [-0.1, -0.05) is 24.3 Å². The number of halogens is 1. The summed E-state index contributed by atoms with van der Waals surface area (Å²) in [5.74, 6) is 1.32. The maximum absolute atomic E-state index is 13.7. The number of phenols is 1. The van der Waals surface area contributed by atoms with Crippen molar-refractivity contribution in [3.63, 3.8) is 0 Å². The van der Waals surface area contributed by atoms with E-state index in [0.29, 0.717) is 28.6 Å². The number of methoxy groups -OCH3 is 2. The Hall–Kier alpha value is -3.45. The van der Waals surface area contributed by atoms with Gasteiger partial charge in [0.2, 0.25) is 0 Å². The van der Waals surface area contributed by atoms with Crippen LogP contribution in [0.15, 0.2) is 76.4 Å². The summed E-state index contributed by atoms with van der Waals surface area (Å²) in [6.07, 6.45) is 1.12. The predicted molar refractivity (Wildman–Crippen MR) is 136 cm³/mol. The zero-order valence-corrected chi connectivity index (χ0v) is 20.5. The van der Waals surface area contributed by atoms with E-state index in [2.05, 4.69) is 26.6 Å². The number of nitrogens with one attached hydrogen (secondary N) is 2. The average Bonchev–Trinajstić information content (AvgIpc) is 3.02. The number of phenolic OH excluding ortho intramolecular Hbond substituents is 1. The summed E-state index contributed by atoms with van der Waals surface area (Å²) >= 11 is 3.43. The quantitative estimate of drug-likeness (QED) is 0.382. The van der Waals surface area contributed by atoms with Crippen molar-refractivity contribution in [1.82, 2.24) is 0 Å². The van der Waals surface area contributed by atoms with Gasteiger partial charge in [0.15, 0.2) is 17.3 Å². The zero-order chi connectivity index (χ0) is 23.8. The fourth-order valence-corrected chi connectivity index (χ4v) is 5.23. The summed E-state index contributed by atoms with van der Waals surface area (Å²) in [6.45, 7) is 0. The fraction of sp³-hybridized carbons (Fsp3) is 0.222. The Morgan fingerprint density at radius 1 is 0.941 bits per heavy atom. The van der Waals surface area contributed by atoms with Crippen LogP contribution in [-0.2, 0) is 4.79 Å². The number of Topliss-reactive ketones (excluding diaryl/α,β-unsaturated/α-hetero) is 1. The standard InChI is InChI=1S/C27H25BrN2O4/c1-33-18-9-7-15(8-10-18)16-12-22-25(23(31)13-16)26(30-21-6-4-3-5-20(21)29-22)17-11-19(28)27(32)24(14-17)34-2/h3-11,14,16,26,29-30,32H,12-13H2,1-2H3/t16-,26+/m0/s1. The van der Waals surface area contributed by atoms with Crippen LogP contribution in [-0.4, -0.2) is 25.1 Å². The smallest absolute Gasteiger partial charge is 0.172 e. The van der Waals surface area contributed by atoms with Crippen LogP contribution in [0.3, 0.4) is 0 Å². The van der Waals surface area contributed by atoms with Crippen molar-refractivity contribution >= 4 is 33.1 Å². The van der Waals surface area contributed by atoms with E-state index in [9.17, 15) is 9.90 Å². The molecule has 1 aliphatic carbocycles. The van der Waals surface area contributed by atoms with Crippen LogP contribution in [0.25, 0.3) is 0 Å². The second-order valence-corrected chi connectivity index (χ2v) is 9.35. The van der Waals surface area contributed by atoms with Crippen LogP contribution >= 0.6 is 15.9 Å². The lowest BCUT2D eigenvalue weighted by Gasteiger charge is -2.30. The number of para-hydroxylation sites is 2. The minimum absolute atomic E-state index is 0.0298. The molecule has 3 aromatic rings. The summed E-state index contributed by atoms with van der Waals surface area (Å²) in [5.41, 5.74) is 5.37. The van der Waals surface area contributed by atoms with E-state index >= 15 is 0 Å². The summed E-state index contributed by atoms with van der Waals surface area (Å²) in [5, 5.41) is 17.4. The molecule has 0 saturated carbocycles. The normalized spacial score (nSPS) is 19.3. The first-order valence-electron chi connectivity index (χ1n) is 11.1. The van der Waals surface area contributed by atoms with E-state index in [-0.39, 0.29) is 17.5 Å². The van der Waals surface area contributed by atoms with E-state index in [4.69, 9.17) is 9.47 Å². The summed E-state index contributed by atoms with van der Waals surface area (Å²) < 4.78 is 11.2. The molecule has 0 radical (unpaired) electrons. The third-order valence-electron chi connectivity index (χ3n) is 6.50. The van der Waals surface area contributed by atoms with Gasteiger partial charge < -0.3 is 25.2 Å². The number of hydrogen-bond donors (Lipinski definition) is 3. The molecule has 34 heavy (non-hydrogen) atoms. The SMILES string of the molecule is COc1ccc([C@@H]2CC(=O)C3=C(C2)Nc2ccccc2N[C@@H]3c2cc(Br)c(O)c(OC)c2)cc1. The van der Waals surface area contributed by atoms with Gasteiger partial charge in [0.1, 0.15) is 5.75 Å². The number of rotatable bonds is 4. The number of anilines is 2. The maximum Gasteiger partial charge on any atom is 0.172 e. The van der Waals surface area contributed by atoms with Crippen LogP contribution in [0.2, 0.25) is 0 Å². The molecule has 3 aromatic carbocycles. The van der Waals surface area contributed by atoms with E-state index in [1.165, 1.54) is 7.11 Å². The van der Waals surface area contributed by atoms with Crippen molar-refractivity contribution in [1.29, 1.82) is 0 Å². The van der Waals surface area contributed by atoms with Gasteiger partial charge in [-0.3, -0.25) is 4.79 Å². The molecule has 0 bridgehead atoms. The molecule has 0 fully saturated rings. The van der Waals surface area contributed by atoms with Gasteiger partial charge in [0, 0.05) is 17.7 Å². The number of allylic oxidation sites excluding steroid dienone is 1. The number of benzene rings is 3. The Morgan fingerprint density at radius 3 is 2.38 bits per heavy atom. The monoisotopic (exact) mass is 520 g/mol. The summed E-state index contributed by atoms with van der Waals surface area (Å²) in [7, 11) is 3.16. The summed E-state index contributed by atoms with van der Waals surface area (Å²) in [4.78, 5) is 13.7. The molecule has 0 saturated heterocycles. The molecule has 0 aromatic heterocycles. The fourth-order valence-electron chi connectivity index (χ4n) is 4.77. The second-order valence-electron chi connectivity index (χ2n) is 8.50. The molecule has 0 amide bonds. The van der Waals surface area contributed by atoms with Crippen molar-refractivity contribution in [3.05, 3.63) is 87.5 Å². The summed E-state index contributed by atoms with van der Waals surface area (Å²) in [6, 6.07) is 19.1. The van der Waals surface area contributed by atoms with Crippen molar-refractivity contribution in [2.24, 2.45) is 0 Å². The lowest BCUT2D eigenvalue weighted by molar-refractivity contribution is -0.116. The molecule has 174 valence electrons. The Labute approximate surface area is 206 Å². The Morgan fingerprint density at radius 2 is 1.68 bits per heavy atom. The lowest BCUT2D eigenvalue weighted by Crippen LogP contribution is -2.27. The van der Waals surface area contributed by atoms with Crippen LogP contribution in [0.1, 0.15) is 35.9 Å². The largest absolute Gasteiger partial charge is 0.503 e. The highest BCUT2D eigenvalue weighted by Gasteiger charge is 2.36.